The summed E-state index contributed by atoms with van der Waals surface area (Å²) in [5.41, 5.74) is 0.847. The van der Waals surface area contributed by atoms with Gasteiger partial charge in [0.05, 0.1) is 19.6 Å². The van der Waals surface area contributed by atoms with E-state index >= 15 is 0 Å². The molecule has 1 N–H and O–H groups in total. The average Bonchev–Trinajstić information content (AvgIpc) is 3.23. The van der Waals surface area contributed by atoms with Crippen molar-refractivity contribution in [1.29, 1.82) is 0 Å². The molecule has 1 aromatic carbocycles. The molecule has 1 fully saturated rings. The van der Waals surface area contributed by atoms with E-state index in [-0.39, 0.29) is 12.3 Å². The zero-order valence-corrected chi connectivity index (χ0v) is 13.4. The van der Waals surface area contributed by atoms with Gasteiger partial charge in [0.25, 0.3) is 0 Å². The molecule has 1 aliphatic carbocycles. The van der Waals surface area contributed by atoms with E-state index < -0.39 is 6.10 Å². The summed E-state index contributed by atoms with van der Waals surface area (Å²) in [6, 6.07) is 5.61. The van der Waals surface area contributed by atoms with Gasteiger partial charge in [-0.05, 0) is 37.0 Å². The van der Waals surface area contributed by atoms with Crippen molar-refractivity contribution in [2.75, 3.05) is 20.7 Å². The predicted molar refractivity (Wildman–Crippen MR) is 80.8 cm³/mol. The minimum atomic E-state index is -0.395. The van der Waals surface area contributed by atoms with Crippen molar-refractivity contribution in [1.82, 2.24) is 4.90 Å². The van der Waals surface area contributed by atoms with E-state index in [9.17, 15) is 9.90 Å². The normalized spacial score (nSPS) is 15.8. The maximum absolute atomic E-state index is 12.2. The van der Waals surface area contributed by atoms with Gasteiger partial charge in [0.15, 0.2) is 0 Å². The summed E-state index contributed by atoms with van der Waals surface area (Å²) < 4.78 is 6.19. The van der Waals surface area contributed by atoms with E-state index in [4.69, 9.17) is 4.74 Å². The molecule has 1 atom stereocenters. The van der Waals surface area contributed by atoms with Crippen LogP contribution in [-0.2, 0) is 11.2 Å². The van der Waals surface area contributed by atoms with Gasteiger partial charge >= 0.3 is 0 Å². The molecule has 0 spiro atoms. The Morgan fingerprint density at radius 2 is 2.25 bits per heavy atom. The molecule has 1 aliphatic rings. The number of ether oxygens (including phenoxy) is 1. The molecule has 1 aromatic rings. The summed E-state index contributed by atoms with van der Waals surface area (Å²) in [6.07, 6.45) is 2.02. The van der Waals surface area contributed by atoms with Gasteiger partial charge in [0.1, 0.15) is 5.75 Å². The summed E-state index contributed by atoms with van der Waals surface area (Å²) in [5.74, 6) is 1.07. The van der Waals surface area contributed by atoms with Crippen LogP contribution in [0, 0.1) is 5.92 Å². The smallest absolute Gasteiger partial charge is 0.226 e. The fourth-order valence-electron chi connectivity index (χ4n) is 2.20. The molecule has 0 aromatic heterocycles. The Hall–Kier alpha value is -1.07. The Bertz CT molecular complexity index is 488. The SMILES string of the molecule is COc1ccc(Br)cc1CC(=O)N(C)CC(O)C1CC1. The van der Waals surface area contributed by atoms with E-state index in [0.717, 1.165) is 22.9 Å². The van der Waals surface area contributed by atoms with Crippen molar-refractivity contribution in [2.24, 2.45) is 5.92 Å². The highest BCUT2D eigenvalue weighted by Gasteiger charge is 2.31. The summed E-state index contributed by atoms with van der Waals surface area (Å²) in [6.45, 7) is 0.403. The minimum absolute atomic E-state index is 0.0129. The molecule has 0 saturated heterocycles. The summed E-state index contributed by atoms with van der Waals surface area (Å²) in [4.78, 5) is 13.8. The highest BCUT2D eigenvalue weighted by molar-refractivity contribution is 9.10. The van der Waals surface area contributed by atoms with Gasteiger partial charge in [-0.25, -0.2) is 0 Å². The number of carbonyl (C=O) groups is 1. The van der Waals surface area contributed by atoms with E-state index in [1.807, 2.05) is 18.2 Å². The second-order valence-corrected chi connectivity index (χ2v) is 6.23. The van der Waals surface area contributed by atoms with Crippen LogP contribution in [0.1, 0.15) is 18.4 Å². The van der Waals surface area contributed by atoms with Crippen LogP contribution in [0.5, 0.6) is 5.75 Å². The molecule has 0 bridgehead atoms. The lowest BCUT2D eigenvalue weighted by atomic mass is 10.1. The molecule has 110 valence electrons. The van der Waals surface area contributed by atoms with Crippen LogP contribution in [0.15, 0.2) is 22.7 Å². The zero-order valence-electron chi connectivity index (χ0n) is 11.8. The van der Waals surface area contributed by atoms with Gasteiger partial charge in [-0.3, -0.25) is 4.79 Å². The number of halogens is 1. The molecule has 4 nitrogen and oxygen atoms in total. The first-order valence-electron chi connectivity index (χ1n) is 6.75. The Morgan fingerprint density at radius 1 is 1.55 bits per heavy atom. The third-order valence-corrected chi connectivity index (χ3v) is 4.13. The van der Waals surface area contributed by atoms with Gasteiger partial charge in [-0.2, -0.15) is 0 Å². The first-order valence-corrected chi connectivity index (χ1v) is 7.55. The minimum Gasteiger partial charge on any atom is -0.496 e. The maximum atomic E-state index is 12.2. The number of rotatable bonds is 6. The third-order valence-electron chi connectivity index (χ3n) is 3.64. The monoisotopic (exact) mass is 341 g/mol. The summed E-state index contributed by atoms with van der Waals surface area (Å²) >= 11 is 3.40. The van der Waals surface area contributed by atoms with Crippen LogP contribution in [-0.4, -0.2) is 42.7 Å². The second-order valence-electron chi connectivity index (χ2n) is 5.31. The number of aliphatic hydroxyl groups excluding tert-OH is 1. The molecule has 0 radical (unpaired) electrons. The van der Waals surface area contributed by atoms with Crippen LogP contribution < -0.4 is 4.74 Å². The van der Waals surface area contributed by atoms with Crippen molar-refractivity contribution in [3.63, 3.8) is 0 Å². The molecule has 0 aliphatic heterocycles. The van der Waals surface area contributed by atoms with Crippen molar-refractivity contribution >= 4 is 21.8 Å². The average molecular weight is 342 g/mol. The lowest BCUT2D eigenvalue weighted by Gasteiger charge is -2.21. The van der Waals surface area contributed by atoms with E-state index in [1.54, 1.807) is 19.1 Å². The van der Waals surface area contributed by atoms with E-state index in [0.29, 0.717) is 18.2 Å². The van der Waals surface area contributed by atoms with E-state index in [1.165, 1.54) is 0 Å². The molecule has 1 amide bonds. The molecule has 2 rings (SSSR count). The molecule has 20 heavy (non-hydrogen) atoms. The van der Waals surface area contributed by atoms with Crippen LogP contribution in [0.4, 0.5) is 0 Å². The molecule has 0 heterocycles. The van der Waals surface area contributed by atoms with Crippen LogP contribution >= 0.6 is 15.9 Å². The Kier molecular flexibility index (Phi) is 5.05. The van der Waals surface area contributed by atoms with Crippen LogP contribution in [0.3, 0.4) is 0 Å². The largest absolute Gasteiger partial charge is 0.496 e. The second kappa shape index (κ2) is 6.59. The third kappa shape index (κ3) is 3.96. The number of likely N-dealkylation sites (N-methyl/N-ethyl adjacent to an activating group) is 1. The molecular formula is C15H20BrNO3. The lowest BCUT2D eigenvalue weighted by molar-refractivity contribution is -0.130. The highest BCUT2D eigenvalue weighted by Crippen LogP contribution is 2.32. The molecule has 5 heteroatoms. The number of amides is 1. The first-order chi connectivity index (χ1) is 9.51. The number of benzene rings is 1. The van der Waals surface area contributed by atoms with Gasteiger partial charge in [-0.1, -0.05) is 15.9 Å². The van der Waals surface area contributed by atoms with Crippen LogP contribution in [0.25, 0.3) is 0 Å². The first kappa shape index (κ1) is 15.3. The lowest BCUT2D eigenvalue weighted by Crippen LogP contribution is -2.36. The fraction of sp³-hybridized carbons (Fsp3) is 0.533. The van der Waals surface area contributed by atoms with Gasteiger partial charge in [0.2, 0.25) is 5.91 Å². The summed E-state index contributed by atoms with van der Waals surface area (Å²) in [5, 5.41) is 9.89. The molecule has 1 unspecified atom stereocenters. The van der Waals surface area contributed by atoms with E-state index in [2.05, 4.69) is 15.9 Å². The summed E-state index contributed by atoms with van der Waals surface area (Å²) in [7, 11) is 3.33. The Balaban J connectivity index is 1.97. The number of methoxy groups -OCH3 is 1. The Labute approximate surface area is 127 Å². The number of carbonyl (C=O) groups excluding carboxylic acids is 1. The Morgan fingerprint density at radius 3 is 2.85 bits per heavy atom. The topological polar surface area (TPSA) is 49.8 Å². The number of hydrogen-bond donors (Lipinski definition) is 1. The number of hydrogen-bond acceptors (Lipinski definition) is 3. The van der Waals surface area contributed by atoms with Gasteiger partial charge < -0.3 is 14.7 Å². The number of aliphatic hydroxyl groups is 1. The van der Waals surface area contributed by atoms with Crippen molar-refractivity contribution in [3.8, 4) is 5.75 Å². The molecule has 1 saturated carbocycles. The van der Waals surface area contributed by atoms with Crippen molar-refractivity contribution in [3.05, 3.63) is 28.2 Å². The van der Waals surface area contributed by atoms with Gasteiger partial charge in [0, 0.05) is 23.6 Å². The number of nitrogens with zero attached hydrogens (tertiary/aromatic N) is 1. The zero-order chi connectivity index (χ0) is 14.7. The fourth-order valence-corrected chi connectivity index (χ4v) is 2.60. The standard InChI is InChI=1S/C15H20BrNO3/c1-17(9-13(18)10-3-4-10)15(19)8-11-7-12(16)5-6-14(11)20-2/h5-7,10,13,18H,3-4,8-9H2,1-2H3. The van der Waals surface area contributed by atoms with Crippen molar-refractivity contribution < 1.29 is 14.6 Å². The molecular weight excluding hydrogens is 322 g/mol. The van der Waals surface area contributed by atoms with Gasteiger partial charge in [-0.15, -0.1) is 0 Å². The quantitative estimate of drug-likeness (QED) is 0.863. The predicted octanol–water partition coefficient (Wildman–Crippen LogP) is 2.23. The highest BCUT2D eigenvalue weighted by atomic mass is 79.9. The van der Waals surface area contributed by atoms with Crippen molar-refractivity contribution in [2.45, 2.75) is 25.4 Å². The van der Waals surface area contributed by atoms with Crippen LogP contribution in [0.2, 0.25) is 0 Å². The maximum Gasteiger partial charge on any atom is 0.226 e.